The van der Waals surface area contributed by atoms with Crippen molar-refractivity contribution in [3.05, 3.63) is 0 Å². The lowest BCUT2D eigenvalue weighted by molar-refractivity contribution is 0.346. The van der Waals surface area contributed by atoms with Crippen LogP contribution < -0.4 is 0 Å². The Hall–Kier alpha value is 0.270. The first kappa shape index (κ1) is 7.90. The van der Waals surface area contributed by atoms with Gasteiger partial charge in [0.15, 0.2) is 0 Å². The van der Waals surface area contributed by atoms with Crippen LogP contribution in [0.2, 0.25) is 0 Å². The van der Waals surface area contributed by atoms with E-state index in [9.17, 15) is 4.55 Å². The molecule has 1 atom stereocenters. The zero-order valence-corrected chi connectivity index (χ0v) is 7.61. The highest BCUT2D eigenvalue weighted by Crippen LogP contribution is 2.32. The molecule has 1 saturated carbocycles. The van der Waals surface area contributed by atoms with Gasteiger partial charge in [0, 0.05) is 37.3 Å². The Morgan fingerprint density at radius 3 is 2.27 bits per heavy atom. The smallest absolute Gasteiger partial charge is 0.136 e. The quantitative estimate of drug-likeness (QED) is 0.588. The maximum Gasteiger partial charge on any atom is 0.136 e. The highest BCUT2D eigenvalue weighted by atomic mass is 32.2. The number of rotatable bonds is 2. The molecule has 2 fully saturated rings. The second kappa shape index (κ2) is 3.33. The van der Waals surface area contributed by atoms with E-state index < -0.39 is 11.4 Å². The van der Waals surface area contributed by atoms with E-state index in [4.69, 9.17) is 0 Å². The largest absolute Gasteiger partial charge is 0.598 e. The summed E-state index contributed by atoms with van der Waals surface area (Å²) in [5.74, 6) is 0. The highest BCUT2D eigenvalue weighted by molar-refractivity contribution is 7.90. The lowest BCUT2D eigenvalue weighted by atomic mass is 10.2. The van der Waals surface area contributed by atoms with Crippen LogP contribution in [0.15, 0.2) is 0 Å². The first-order valence-corrected chi connectivity index (χ1v) is 5.70. The fourth-order valence-electron chi connectivity index (χ4n) is 1.53. The molecule has 1 aliphatic heterocycles. The van der Waals surface area contributed by atoms with Crippen molar-refractivity contribution >= 4 is 11.4 Å². The minimum Gasteiger partial charge on any atom is -0.598 e. The van der Waals surface area contributed by atoms with Crippen molar-refractivity contribution in [1.29, 1.82) is 0 Å². The third-order valence-corrected chi connectivity index (χ3v) is 4.29. The van der Waals surface area contributed by atoms with Gasteiger partial charge in [-0.3, -0.25) is 0 Å². The predicted molar refractivity (Wildman–Crippen MR) is 46.6 cm³/mol. The van der Waals surface area contributed by atoms with Gasteiger partial charge in [0.05, 0.1) is 0 Å². The second-order valence-electron chi connectivity index (χ2n) is 3.47. The predicted octanol–water partition coefficient (Wildman–Crippen LogP) is 1.30. The van der Waals surface area contributed by atoms with Gasteiger partial charge >= 0.3 is 0 Å². The van der Waals surface area contributed by atoms with E-state index in [1.807, 2.05) is 0 Å². The number of hydrogen-bond acceptors (Lipinski definition) is 2. The van der Waals surface area contributed by atoms with Crippen LogP contribution in [0.3, 0.4) is 0 Å². The van der Waals surface area contributed by atoms with Crippen LogP contribution in [0.1, 0.15) is 32.1 Å². The molecule has 0 aromatic rings. The molecule has 3 heteroatoms. The molecule has 11 heavy (non-hydrogen) atoms. The molecular formula is C8H15NOS. The van der Waals surface area contributed by atoms with Crippen LogP contribution >= 0.6 is 0 Å². The monoisotopic (exact) mass is 173 g/mol. The Morgan fingerprint density at radius 1 is 1.09 bits per heavy atom. The van der Waals surface area contributed by atoms with Gasteiger partial charge in [-0.25, -0.2) is 0 Å². The normalized spacial score (nSPS) is 30.3. The summed E-state index contributed by atoms with van der Waals surface area (Å²) in [6, 6.07) is 0. The van der Waals surface area contributed by atoms with Crippen LogP contribution in [0.25, 0.3) is 0 Å². The Labute approximate surface area is 71.3 Å². The van der Waals surface area contributed by atoms with Crippen molar-refractivity contribution in [2.45, 2.75) is 37.4 Å². The fraction of sp³-hybridized carbons (Fsp3) is 1.00. The summed E-state index contributed by atoms with van der Waals surface area (Å²) in [6.07, 6.45) is 6.22. The van der Waals surface area contributed by atoms with E-state index in [0.29, 0.717) is 5.25 Å². The van der Waals surface area contributed by atoms with Crippen LogP contribution in [-0.4, -0.2) is 27.2 Å². The summed E-state index contributed by atoms with van der Waals surface area (Å²) in [7, 11) is 0. The average Bonchev–Trinajstić information content (AvgIpc) is 2.87. The van der Waals surface area contributed by atoms with E-state index >= 15 is 0 Å². The van der Waals surface area contributed by atoms with Crippen LogP contribution in [-0.2, 0) is 11.4 Å². The van der Waals surface area contributed by atoms with E-state index in [0.717, 1.165) is 13.1 Å². The summed E-state index contributed by atoms with van der Waals surface area (Å²) >= 11 is -0.614. The molecule has 2 nitrogen and oxygen atoms in total. The van der Waals surface area contributed by atoms with Crippen LogP contribution in [0.5, 0.6) is 0 Å². The zero-order chi connectivity index (χ0) is 7.68. The van der Waals surface area contributed by atoms with E-state index in [1.165, 1.54) is 32.1 Å². The van der Waals surface area contributed by atoms with Crippen molar-refractivity contribution in [3.63, 3.8) is 0 Å². The molecular weight excluding hydrogens is 158 g/mol. The number of hydrogen-bond donors (Lipinski definition) is 0. The summed E-state index contributed by atoms with van der Waals surface area (Å²) in [5.41, 5.74) is 0. The van der Waals surface area contributed by atoms with Gasteiger partial charge in [-0.2, -0.15) is 0 Å². The Balaban J connectivity index is 1.81. The molecule has 1 heterocycles. The van der Waals surface area contributed by atoms with E-state index in [-0.39, 0.29) is 0 Å². The van der Waals surface area contributed by atoms with Gasteiger partial charge in [-0.05, 0) is 12.8 Å². The standard InChI is InChI=1S/C8H15NOS/c10-11(8-4-5-8)9-6-2-1-3-7-9/h8H,1-7H2. The Bertz CT molecular complexity index is 132. The SMILES string of the molecule is [O-][S+](C1CC1)N1CCCCC1. The minimum atomic E-state index is -0.614. The molecule has 64 valence electrons. The van der Waals surface area contributed by atoms with Gasteiger partial charge < -0.3 is 4.55 Å². The van der Waals surface area contributed by atoms with Gasteiger partial charge in [-0.1, -0.05) is 6.42 Å². The zero-order valence-electron chi connectivity index (χ0n) is 6.79. The highest BCUT2D eigenvalue weighted by Gasteiger charge is 2.39. The molecule has 0 bridgehead atoms. The van der Waals surface area contributed by atoms with Crippen LogP contribution in [0, 0.1) is 0 Å². The summed E-state index contributed by atoms with van der Waals surface area (Å²) in [6.45, 7) is 2.15. The third kappa shape index (κ3) is 1.89. The molecule has 0 N–H and O–H groups in total. The first-order valence-electron chi connectivity index (χ1n) is 4.53. The van der Waals surface area contributed by atoms with Gasteiger partial charge in [0.25, 0.3) is 0 Å². The third-order valence-electron chi connectivity index (χ3n) is 2.38. The Morgan fingerprint density at radius 2 is 1.73 bits per heavy atom. The maximum atomic E-state index is 11.6. The van der Waals surface area contributed by atoms with Crippen molar-refractivity contribution in [2.24, 2.45) is 0 Å². The van der Waals surface area contributed by atoms with Crippen molar-refractivity contribution in [3.8, 4) is 0 Å². The van der Waals surface area contributed by atoms with Gasteiger partial charge in [-0.15, -0.1) is 4.31 Å². The fourth-order valence-corrected chi connectivity index (χ4v) is 3.10. The molecule has 1 aliphatic carbocycles. The first-order chi connectivity index (χ1) is 5.38. The minimum absolute atomic E-state index is 0.535. The molecule has 0 spiro atoms. The number of nitrogens with zero attached hydrogens (tertiary/aromatic N) is 1. The molecule has 0 aromatic heterocycles. The molecule has 1 unspecified atom stereocenters. The second-order valence-corrected chi connectivity index (χ2v) is 5.20. The topological polar surface area (TPSA) is 26.3 Å². The molecule has 1 saturated heterocycles. The van der Waals surface area contributed by atoms with Crippen LogP contribution in [0.4, 0.5) is 0 Å². The average molecular weight is 173 g/mol. The lowest BCUT2D eigenvalue weighted by Gasteiger charge is -2.27. The molecule has 2 aliphatic rings. The van der Waals surface area contributed by atoms with Gasteiger partial charge in [0.2, 0.25) is 0 Å². The summed E-state index contributed by atoms with van der Waals surface area (Å²) < 4.78 is 13.8. The Kier molecular flexibility index (Phi) is 2.39. The van der Waals surface area contributed by atoms with Crippen molar-refractivity contribution < 1.29 is 4.55 Å². The maximum absolute atomic E-state index is 11.6. The molecule has 0 amide bonds. The molecule has 2 rings (SSSR count). The molecule has 0 radical (unpaired) electrons. The van der Waals surface area contributed by atoms with E-state index in [1.54, 1.807) is 0 Å². The number of piperidine rings is 1. The van der Waals surface area contributed by atoms with Crippen molar-refractivity contribution in [2.75, 3.05) is 13.1 Å². The van der Waals surface area contributed by atoms with Gasteiger partial charge in [0.1, 0.15) is 5.25 Å². The summed E-state index contributed by atoms with van der Waals surface area (Å²) in [5, 5.41) is 0.535. The van der Waals surface area contributed by atoms with Crippen molar-refractivity contribution in [1.82, 2.24) is 4.31 Å². The van der Waals surface area contributed by atoms with E-state index in [2.05, 4.69) is 4.31 Å². The molecule has 0 aromatic carbocycles. The summed E-state index contributed by atoms with van der Waals surface area (Å²) in [4.78, 5) is 0. The lowest BCUT2D eigenvalue weighted by Crippen LogP contribution is -2.37.